The zero-order valence-electron chi connectivity index (χ0n) is 11.1. The van der Waals surface area contributed by atoms with Crippen molar-refractivity contribution in [1.82, 2.24) is 5.32 Å². The molecule has 1 saturated carbocycles. The Morgan fingerprint density at radius 1 is 1.42 bits per heavy atom. The van der Waals surface area contributed by atoms with Crippen LogP contribution >= 0.6 is 0 Å². The highest BCUT2D eigenvalue weighted by Crippen LogP contribution is 2.23. The van der Waals surface area contributed by atoms with Crippen LogP contribution in [0.2, 0.25) is 0 Å². The lowest BCUT2D eigenvalue weighted by Crippen LogP contribution is -2.45. The van der Waals surface area contributed by atoms with Crippen molar-refractivity contribution in [2.45, 2.75) is 37.8 Å². The van der Waals surface area contributed by atoms with Crippen molar-refractivity contribution < 1.29 is 14.6 Å². The SMILES string of the molecule is COc1cc(N)ccc1C(=O)NC1CCCCC1O. The Morgan fingerprint density at radius 3 is 2.84 bits per heavy atom. The van der Waals surface area contributed by atoms with E-state index in [1.54, 1.807) is 18.2 Å². The third-order valence-corrected chi connectivity index (χ3v) is 3.52. The molecule has 1 amide bonds. The van der Waals surface area contributed by atoms with Gasteiger partial charge in [0.1, 0.15) is 5.75 Å². The molecule has 0 spiro atoms. The van der Waals surface area contributed by atoms with Gasteiger partial charge in [0.05, 0.1) is 24.8 Å². The lowest BCUT2D eigenvalue weighted by Gasteiger charge is -2.28. The van der Waals surface area contributed by atoms with Crippen molar-refractivity contribution in [3.8, 4) is 5.75 Å². The number of rotatable bonds is 3. The van der Waals surface area contributed by atoms with E-state index in [1.165, 1.54) is 7.11 Å². The Labute approximate surface area is 112 Å². The molecule has 4 N–H and O–H groups in total. The number of amides is 1. The number of aliphatic hydroxyl groups excluding tert-OH is 1. The number of anilines is 1. The van der Waals surface area contributed by atoms with Crippen molar-refractivity contribution in [1.29, 1.82) is 0 Å². The van der Waals surface area contributed by atoms with Crippen LogP contribution in [-0.2, 0) is 0 Å². The van der Waals surface area contributed by atoms with Gasteiger partial charge in [0.25, 0.3) is 5.91 Å². The van der Waals surface area contributed by atoms with Crippen LogP contribution in [0.15, 0.2) is 18.2 Å². The molecule has 5 nitrogen and oxygen atoms in total. The van der Waals surface area contributed by atoms with Gasteiger partial charge in [0, 0.05) is 11.8 Å². The van der Waals surface area contributed by atoms with Gasteiger partial charge in [-0.1, -0.05) is 12.8 Å². The number of nitrogen functional groups attached to an aromatic ring is 1. The summed E-state index contributed by atoms with van der Waals surface area (Å²) in [5, 5.41) is 12.7. The van der Waals surface area contributed by atoms with Crippen molar-refractivity contribution in [2.24, 2.45) is 0 Å². The average molecular weight is 264 g/mol. The van der Waals surface area contributed by atoms with E-state index in [0.717, 1.165) is 25.7 Å². The molecule has 2 atom stereocenters. The number of nitrogens with two attached hydrogens (primary N) is 1. The molecule has 5 heteroatoms. The summed E-state index contributed by atoms with van der Waals surface area (Å²) >= 11 is 0. The van der Waals surface area contributed by atoms with Crippen molar-refractivity contribution in [3.05, 3.63) is 23.8 Å². The molecule has 1 aromatic carbocycles. The molecule has 1 fully saturated rings. The van der Waals surface area contributed by atoms with Gasteiger partial charge in [0.2, 0.25) is 0 Å². The predicted molar refractivity (Wildman–Crippen MR) is 73.1 cm³/mol. The summed E-state index contributed by atoms with van der Waals surface area (Å²) in [5.74, 6) is 0.214. The van der Waals surface area contributed by atoms with Crippen LogP contribution in [0.25, 0.3) is 0 Å². The number of hydrogen-bond acceptors (Lipinski definition) is 4. The standard InChI is InChI=1S/C14H20N2O3/c1-19-13-8-9(15)6-7-10(13)14(18)16-11-4-2-3-5-12(11)17/h6-8,11-12,17H,2-5,15H2,1H3,(H,16,18). The summed E-state index contributed by atoms with van der Waals surface area (Å²) in [6, 6.07) is 4.74. The molecule has 1 aromatic rings. The van der Waals surface area contributed by atoms with E-state index in [2.05, 4.69) is 5.32 Å². The molecule has 19 heavy (non-hydrogen) atoms. The molecule has 0 aromatic heterocycles. The number of carbonyl (C=O) groups is 1. The van der Waals surface area contributed by atoms with E-state index in [4.69, 9.17) is 10.5 Å². The lowest BCUT2D eigenvalue weighted by molar-refractivity contribution is 0.0715. The van der Waals surface area contributed by atoms with E-state index in [9.17, 15) is 9.90 Å². The number of aliphatic hydroxyl groups is 1. The minimum Gasteiger partial charge on any atom is -0.496 e. The van der Waals surface area contributed by atoms with Gasteiger partial charge in [-0.2, -0.15) is 0 Å². The van der Waals surface area contributed by atoms with Gasteiger partial charge in [-0.05, 0) is 25.0 Å². The molecule has 104 valence electrons. The summed E-state index contributed by atoms with van der Waals surface area (Å²) in [5.41, 5.74) is 6.64. The fourth-order valence-electron chi connectivity index (χ4n) is 2.42. The van der Waals surface area contributed by atoms with E-state index < -0.39 is 6.10 Å². The molecule has 0 aliphatic heterocycles. The van der Waals surface area contributed by atoms with Gasteiger partial charge in [-0.25, -0.2) is 0 Å². The molecule has 0 bridgehead atoms. The van der Waals surface area contributed by atoms with Crippen molar-refractivity contribution in [3.63, 3.8) is 0 Å². The maximum atomic E-state index is 12.2. The monoisotopic (exact) mass is 264 g/mol. The molecule has 1 aliphatic carbocycles. The minimum absolute atomic E-state index is 0.177. The van der Waals surface area contributed by atoms with Crippen LogP contribution in [0, 0.1) is 0 Å². The Hall–Kier alpha value is -1.75. The fourth-order valence-corrected chi connectivity index (χ4v) is 2.42. The first-order valence-electron chi connectivity index (χ1n) is 6.54. The molecule has 2 unspecified atom stereocenters. The summed E-state index contributed by atoms with van der Waals surface area (Å²) in [4.78, 5) is 12.2. The quantitative estimate of drug-likeness (QED) is 0.719. The summed E-state index contributed by atoms with van der Waals surface area (Å²) in [6.45, 7) is 0. The van der Waals surface area contributed by atoms with Gasteiger partial charge in [0.15, 0.2) is 0 Å². The maximum absolute atomic E-state index is 12.2. The minimum atomic E-state index is -0.461. The topological polar surface area (TPSA) is 84.6 Å². The first-order chi connectivity index (χ1) is 9.11. The highest BCUT2D eigenvalue weighted by atomic mass is 16.5. The fraction of sp³-hybridized carbons (Fsp3) is 0.500. The zero-order valence-corrected chi connectivity index (χ0v) is 11.1. The second-order valence-corrected chi connectivity index (χ2v) is 4.89. The van der Waals surface area contributed by atoms with E-state index in [0.29, 0.717) is 17.0 Å². The van der Waals surface area contributed by atoms with Crippen LogP contribution in [0.5, 0.6) is 5.75 Å². The molecular formula is C14H20N2O3. The third kappa shape index (κ3) is 3.17. The van der Waals surface area contributed by atoms with Crippen LogP contribution in [0.3, 0.4) is 0 Å². The number of carbonyl (C=O) groups excluding carboxylic acids is 1. The van der Waals surface area contributed by atoms with Crippen LogP contribution < -0.4 is 15.8 Å². The molecule has 0 saturated heterocycles. The number of benzene rings is 1. The van der Waals surface area contributed by atoms with Crippen LogP contribution in [0.4, 0.5) is 5.69 Å². The third-order valence-electron chi connectivity index (χ3n) is 3.52. The number of ether oxygens (including phenoxy) is 1. The largest absolute Gasteiger partial charge is 0.496 e. The van der Waals surface area contributed by atoms with Gasteiger partial charge in [-0.3, -0.25) is 4.79 Å². The number of hydrogen-bond donors (Lipinski definition) is 3. The summed E-state index contributed by atoms with van der Waals surface area (Å²) < 4.78 is 5.16. The Bertz CT molecular complexity index is 462. The molecular weight excluding hydrogens is 244 g/mol. The average Bonchev–Trinajstić information content (AvgIpc) is 2.41. The molecule has 1 aliphatic rings. The van der Waals surface area contributed by atoms with E-state index in [1.807, 2.05) is 0 Å². The highest BCUT2D eigenvalue weighted by molar-refractivity contribution is 5.97. The van der Waals surface area contributed by atoms with Crippen LogP contribution in [-0.4, -0.2) is 30.3 Å². The zero-order chi connectivity index (χ0) is 13.8. The Morgan fingerprint density at radius 2 is 2.16 bits per heavy atom. The Kier molecular flexibility index (Phi) is 4.27. The van der Waals surface area contributed by atoms with Gasteiger partial charge < -0.3 is 20.9 Å². The molecule has 0 radical (unpaired) electrons. The van der Waals surface area contributed by atoms with Gasteiger partial charge >= 0.3 is 0 Å². The van der Waals surface area contributed by atoms with Crippen LogP contribution in [0.1, 0.15) is 36.0 Å². The Balaban J connectivity index is 2.11. The first-order valence-corrected chi connectivity index (χ1v) is 6.54. The maximum Gasteiger partial charge on any atom is 0.255 e. The lowest BCUT2D eigenvalue weighted by atomic mass is 9.92. The predicted octanol–water partition coefficient (Wildman–Crippen LogP) is 1.31. The normalized spacial score (nSPS) is 22.8. The second-order valence-electron chi connectivity index (χ2n) is 4.89. The van der Waals surface area contributed by atoms with Crippen molar-refractivity contribution >= 4 is 11.6 Å². The number of nitrogens with one attached hydrogen (secondary N) is 1. The number of methoxy groups -OCH3 is 1. The van der Waals surface area contributed by atoms with E-state index in [-0.39, 0.29) is 11.9 Å². The second kappa shape index (κ2) is 5.93. The smallest absolute Gasteiger partial charge is 0.255 e. The summed E-state index contributed by atoms with van der Waals surface area (Å²) in [6.07, 6.45) is 3.13. The molecule has 0 heterocycles. The summed E-state index contributed by atoms with van der Waals surface area (Å²) in [7, 11) is 1.50. The van der Waals surface area contributed by atoms with Crippen molar-refractivity contribution in [2.75, 3.05) is 12.8 Å². The highest BCUT2D eigenvalue weighted by Gasteiger charge is 2.25. The first kappa shape index (κ1) is 13.7. The van der Waals surface area contributed by atoms with E-state index >= 15 is 0 Å². The molecule has 2 rings (SSSR count). The van der Waals surface area contributed by atoms with Gasteiger partial charge in [-0.15, -0.1) is 0 Å².